The Morgan fingerprint density at radius 3 is 2.56 bits per heavy atom. The molecule has 8 heteroatoms. The predicted octanol–water partition coefficient (Wildman–Crippen LogP) is 3.30. The third-order valence-electron chi connectivity index (χ3n) is 6.01. The number of amides is 1. The van der Waals surface area contributed by atoms with E-state index in [9.17, 15) is 9.59 Å². The Labute approximate surface area is 199 Å². The summed E-state index contributed by atoms with van der Waals surface area (Å²) in [4.78, 5) is 31.5. The zero-order chi connectivity index (χ0) is 24.5. The van der Waals surface area contributed by atoms with Crippen LogP contribution in [0.1, 0.15) is 37.5 Å². The van der Waals surface area contributed by atoms with Crippen molar-refractivity contribution >= 4 is 22.8 Å². The van der Waals surface area contributed by atoms with Gasteiger partial charge < -0.3 is 25.3 Å². The van der Waals surface area contributed by atoms with Gasteiger partial charge in [0.25, 0.3) is 0 Å². The second-order valence-corrected chi connectivity index (χ2v) is 9.90. The maximum absolute atomic E-state index is 13.0. The molecule has 8 nitrogen and oxygen atoms in total. The van der Waals surface area contributed by atoms with Gasteiger partial charge in [-0.2, -0.15) is 0 Å². The van der Waals surface area contributed by atoms with E-state index in [4.69, 9.17) is 10.5 Å². The van der Waals surface area contributed by atoms with Gasteiger partial charge in [0.05, 0.1) is 17.3 Å². The Balaban J connectivity index is 1.55. The number of fused-ring (bicyclic) bond motifs is 2. The lowest BCUT2D eigenvalue weighted by Crippen LogP contribution is -2.36. The molecular formula is C26H33N5O3. The summed E-state index contributed by atoms with van der Waals surface area (Å²) in [6.45, 7) is 6.49. The molecule has 0 spiro atoms. The molecule has 4 rings (SSSR count). The van der Waals surface area contributed by atoms with E-state index in [-0.39, 0.29) is 18.0 Å². The fraction of sp³-hybridized carbons (Fsp3) is 0.423. The van der Waals surface area contributed by atoms with Gasteiger partial charge in [0.2, 0.25) is 0 Å². The van der Waals surface area contributed by atoms with Crippen LogP contribution >= 0.6 is 0 Å². The van der Waals surface area contributed by atoms with E-state index >= 15 is 0 Å². The number of nitrogens with two attached hydrogens (primary N) is 1. The monoisotopic (exact) mass is 463 g/mol. The van der Waals surface area contributed by atoms with Crippen molar-refractivity contribution < 1.29 is 9.53 Å². The molecule has 34 heavy (non-hydrogen) atoms. The molecule has 2 aromatic heterocycles. The standard InChI is InChI=1S/C26H33N5O3/c1-26(2,3)34-25(33)30(4)9-10-31-16-19(14-27)23(32)22-13-21(15-28-24(22)31)29-20-11-17-7-5-6-8-18(17)12-20/h5-8,13,15-16,20,29H,9-12,14,27H2,1-4H3. The van der Waals surface area contributed by atoms with Crippen molar-refractivity contribution in [3.63, 3.8) is 0 Å². The van der Waals surface area contributed by atoms with Crippen LogP contribution in [0.25, 0.3) is 11.0 Å². The highest BCUT2D eigenvalue weighted by Gasteiger charge is 2.22. The Morgan fingerprint density at radius 1 is 1.26 bits per heavy atom. The van der Waals surface area contributed by atoms with E-state index in [2.05, 4.69) is 34.6 Å². The Morgan fingerprint density at radius 2 is 1.94 bits per heavy atom. The number of hydrogen-bond acceptors (Lipinski definition) is 6. The number of carbonyl (C=O) groups is 1. The van der Waals surface area contributed by atoms with Gasteiger partial charge in [0.15, 0.2) is 5.43 Å². The van der Waals surface area contributed by atoms with Crippen LogP contribution in [-0.4, -0.2) is 45.8 Å². The molecule has 1 aromatic carbocycles. The minimum Gasteiger partial charge on any atom is -0.444 e. The first-order valence-corrected chi connectivity index (χ1v) is 11.6. The third kappa shape index (κ3) is 5.22. The first-order chi connectivity index (χ1) is 16.1. The summed E-state index contributed by atoms with van der Waals surface area (Å²) < 4.78 is 7.31. The number of hydrogen-bond donors (Lipinski definition) is 2. The summed E-state index contributed by atoms with van der Waals surface area (Å²) in [5.41, 5.74) is 9.81. The normalized spacial score (nSPS) is 13.7. The molecule has 0 radical (unpaired) electrons. The van der Waals surface area contributed by atoms with Crippen LogP contribution in [0.2, 0.25) is 0 Å². The molecule has 3 aromatic rings. The molecule has 0 fully saturated rings. The van der Waals surface area contributed by atoms with Crippen molar-refractivity contribution in [2.24, 2.45) is 5.73 Å². The highest BCUT2D eigenvalue weighted by Crippen LogP contribution is 2.25. The number of aromatic nitrogens is 2. The molecule has 0 bridgehead atoms. The zero-order valence-corrected chi connectivity index (χ0v) is 20.3. The van der Waals surface area contributed by atoms with Crippen molar-refractivity contribution in [2.75, 3.05) is 18.9 Å². The molecule has 0 atom stereocenters. The number of nitrogens with zero attached hydrogens (tertiary/aromatic N) is 3. The number of carbonyl (C=O) groups excluding carboxylic acids is 1. The van der Waals surface area contributed by atoms with Crippen LogP contribution in [0.15, 0.2) is 47.5 Å². The lowest BCUT2D eigenvalue weighted by Gasteiger charge is -2.25. The highest BCUT2D eigenvalue weighted by atomic mass is 16.6. The van der Waals surface area contributed by atoms with Crippen LogP contribution in [0.5, 0.6) is 0 Å². The molecule has 0 unspecified atom stereocenters. The van der Waals surface area contributed by atoms with Crippen LogP contribution in [0.3, 0.4) is 0 Å². The summed E-state index contributed by atoms with van der Waals surface area (Å²) in [6.07, 6.45) is 4.99. The van der Waals surface area contributed by atoms with Gasteiger partial charge in [-0.25, -0.2) is 9.78 Å². The van der Waals surface area contributed by atoms with Crippen molar-refractivity contribution in [1.29, 1.82) is 0 Å². The summed E-state index contributed by atoms with van der Waals surface area (Å²) in [5, 5.41) is 4.06. The Hall–Kier alpha value is -3.39. The molecule has 1 aliphatic rings. The summed E-state index contributed by atoms with van der Waals surface area (Å²) in [6, 6.07) is 10.6. The quantitative estimate of drug-likeness (QED) is 0.582. The highest BCUT2D eigenvalue weighted by molar-refractivity contribution is 5.79. The molecule has 0 saturated carbocycles. The van der Waals surface area contributed by atoms with Gasteiger partial charge in [-0.05, 0) is 50.8 Å². The predicted molar refractivity (Wildman–Crippen MR) is 134 cm³/mol. The van der Waals surface area contributed by atoms with E-state index in [0.717, 1.165) is 18.5 Å². The fourth-order valence-electron chi connectivity index (χ4n) is 4.31. The number of likely N-dealkylation sites (N-methyl/N-ethyl adjacent to an activating group) is 1. The molecule has 180 valence electrons. The number of pyridine rings is 2. The minimum absolute atomic E-state index is 0.111. The first-order valence-electron chi connectivity index (χ1n) is 11.6. The van der Waals surface area contributed by atoms with Gasteiger partial charge >= 0.3 is 6.09 Å². The molecular weight excluding hydrogens is 430 g/mol. The number of benzene rings is 1. The second-order valence-electron chi connectivity index (χ2n) is 9.90. The largest absolute Gasteiger partial charge is 0.444 e. The van der Waals surface area contributed by atoms with Crippen molar-refractivity contribution in [2.45, 2.75) is 58.3 Å². The number of rotatable bonds is 6. The van der Waals surface area contributed by atoms with E-state index in [0.29, 0.717) is 29.7 Å². The topological polar surface area (TPSA) is 102 Å². The van der Waals surface area contributed by atoms with Crippen molar-refractivity contribution in [3.8, 4) is 0 Å². The smallest absolute Gasteiger partial charge is 0.410 e. The summed E-state index contributed by atoms with van der Waals surface area (Å²) >= 11 is 0. The molecule has 1 aliphatic carbocycles. The number of anilines is 1. The van der Waals surface area contributed by atoms with Crippen LogP contribution in [0.4, 0.5) is 10.5 Å². The number of ether oxygens (including phenoxy) is 1. The van der Waals surface area contributed by atoms with Gasteiger partial charge in [-0.15, -0.1) is 0 Å². The summed E-state index contributed by atoms with van der Waals surface area (Å²) in [5.74, 6) is 0. The third-order valence-corrected chi connectivity index (χ3v) is 6.01. The molecule has 2 heterocycles. The average molecular weight is 464 g/mol. The van der Waals surface area contributed by atoms with Crippen molar-refractivity contribution in [1.82, 2.24) is 14.5 Å². The van der Waals surface area contributed by atoms with Gasteiger partial charge in [0, 0.05) is 44.5 Å². The maximum Gasteiger partial charge on any atom is 0.410 e. The van der Waals surface area contributed by atoms with E-state index in [1.54, 1.807) is 19.4 Å². The van der Waals surface area contributed by atoms with Crippen LogP contribution < -0.4 is 16.5 Å². The summed E-state index contributed by atoms with van der Waals surface area (Å²) in [7, 11) is 1.69. The SMILES string of the molecule is CN(CCn1cc(CN)c(=O)c2cc(NC3Cc4ccccc4C3)cnc21)C(=O)OC(C)(C)C. The number of nitrogens with one attached hydrogen (secondary N) is 1. The second kappa shape index (κ2) is 9.46. The zero-order valence-electron chi connectivity index (χ0n) is 20.3. The fourth-order valence-corrected chi connectivity index (χ4v) is 4.31. The Kier molecular flexibility index (Phi) is 6.61. The lowest BCUT2D eigenvalue weighted by molar-refractivity contribution is 0.0294. The van der Waals surface area contributed by atoms with Crippen molar-refractivity contribution in [3.05, 3.63) is 69.6 Å². The lowest BCUT2D eigenvalue weighted by atomic mass is 10.1. The maximum atomic E-state index is 13.0. The Bertz CT molecular complexity index is 1240. The van der Waals surface area contributed by atoms with Gasteiger partial charge in [-0.3, -0.25) is 4.79 Å². The average Bonchev–Trinajstić information content (AvgIpc) is 3.19. The van der Waals surface area contributed by atoms with Gasteiger partial charge in [-0.1, -0.05) is 24.3 Å². The molecule has 0 saturated heterocycles. The van der Waals surface area contributed by atoms with E-state index in [1.165, 1.54) is 16.0 Å². The van der Waals surface area contributed by atoms with E-state index < -0.39 is 11.7 Å². The molecule has 1 amide bonds. The minimum atomic E-state index is -0.562. The molecule has 0 aliphatic heterocycles. The van der Waals surface area contributed by atoms with Crippen LogP contribution in [-0.2, 0) is 30.7 Å². The molecule has 3 N–H and O–H groups in total. The van der Waals surface area contributed by atoms with Crippen LogP contribution in [0, 0.1) is 0 Å². The van der Waals surface area contributed by atoms with Gasteiger partial charge in [0.1, 0.15) is 11.2 Å². The van der Waals surface area contributed by atoms with E-state index in [1.807, 2.05) is 31.4 Å². The first kappa shape index (κ1) is 23.8.